The number of rotatable bonds is 7. The highest BCUT2D eigenvalue weighted by molar-refractivity contribution is 6.14. The summed E-state index contributed by atoms with van der Waals surface area (Å²) in [5.74, 6) is -1.45. The van der Waals surface area contributed by atoms with Gasteiger partial charge in [0.15, 0.2) is 11.2 Å². The summed E-state index contributed by atoms with van der Waals surface area (Å²) in [6, 6.07) is 6.92. The van der Waals surface area contributed by atoms with E-state index in [4.69, 9.17) is 19.6 Å². The van der Waals surface area contributed by atoms with E-state index in [0.29, 0.717) is 16.9 Å². The number of fused-ring (bicyclic) bond motifs is 5. The Morgan fingerprint density at radius 1 is 1.25 bits per heavy atom. The predicted molar refractivity (Wildman–Crippen MR) is 114 cm³/mol. The molecule has 2 heterocycles. The number of esters is 2. The smallest absolute Gasteiger partial charge is 0.337 e. The van der Waals surface area contributed by atoms with Crippen molar-refractivity contribution in [1.82, 2.24) is 9.88 Å². The number of ether oxygens (including phenoxy) is 2. The molecule has 1 aromatic carbocycles. The van der Waals surface area contributed by atoms with Crippen molar-refractivity contribution in [2.75, 3.05) is 25.5 Å². The van der Waals surface area contributed by atoms with Gasteiger partial charge in [0.2, 0.25) is 5.91 Å². The number of nitrogens with two attached hydrogens (primary N) is 1. The molecule has 0 unspecified atom stereocenters. The SMILES string of the molecule is C=CCN1C(=O)[C@]2(C(C(=O)OCC)=C1CC(=O)OCC)c1ccccc1-c1oc(N)nc12. The van der Waals surface area contributed by atoms with Crippen LogP contribution in [0.3, 0.4) is 0 Å². The van der Waals surface area contributed by atoms with E-state index in [1.165, 1.54) is 11.0 Å². The minimum Gasteiger partial charge on any atom is -0.466 e. The molecule has 1 amide bonds. The molecule has 2 aliphatic rings. The summed E-state index contributed by atoms with van der Waals surface area (Å²) < 4.78 is 16.1. The van der Waals surface area contributed by atoms with Crippen molar-refractivity contribution in [3.63, 3.8) is 0 Å². The van der Waals surface area contributed by atoms with Gasteiger partial charge in [-0.2, -0.15) is 4.98 Å². The van der Waals surface area contributed by atoms with Crippen molar-refractivity contribution < 1.29 is 28.3 Å². The van der Waals surface area contributed by atoms with Crippen molar-refractivity contribution in [2.45, 2.75) is 25.7 Å². The molecule has 1 aromatic heterocycles. The second-order valence-electron chi connectivity index (χ2n) is 7.25. The van der Waals surface area contributed by atoms with Crippen LogP contribution in [0.15, 0.2) is 52.6 Å². The van der Waals surface area contributed by atoms with Crippen LogP contribution in [-0.4, -0.2) is 47.5 Å². The van der Waals surface area contributed by atoms with Crippen LogP contribution in [0.2, 0.25) is 0 Å². The highest BCUT2D eigenvalue weighted by atomic mass is 16.5. The molecule has 1 aliphatic heterocycles. The molecule has 2 aromatic rings. The lowest BCUT2D eigenvalue weighted by Crippen LogP contribution is -2.42. The summed E-state index contributed by atoms with van der Waals surface area (Å²) >= 11 is 0. The Hall–Kier alpha value is -3.88. The van der Waals surface area contributed by atoms with E-state index in [9.17, 15) is 14.4 Å². The number of hydrogen-bond donors (Lipinski definition) is 1. The maximum Gasteiger partial charge on any atom is 0.337 e. The van der Waals surface area contributed by atoms with Gasteiger partial charge in [-0.15, -0.1) is 6.58 Å². The number of nitrogens with zero attached hydrogens (tertiary/aromatic N) is 2. The fourth-order valence-electron chi connectivity index (χ4n) is 4.49. The van der Waals surface area contributed by atoms with E-state index in [1.807, 2.05) is 0 Å². The van der Waals surface area contributed by atoms with Crippen LogP contribution >= 0.6 is 0 Å². The number of oxazole rings is 1. The second-order valence-corrected chi connectivity index (χ2v) is 7.25. The fraction of sp³-hybridized carbons (Fsp3) is 0.304. The highest BCUT2D eigenvalue weighted by Gasteiger charge is 2.64. The first-order valence-corrected chi connectivity index (χ1v) is 10.3. The molecule has 0 saturated carbocycles. The maximum atomic E-state index is 14.1. The van der Waals surface area contributed by atoms with Crippen LogP contribution in [0.4, 0.5) is 6.01 Å². The first-order chi connectivity index (χ1) is 15.4. The number of aromatic nitrogens is 1. The third-order valence-corrected chi connectivity index (χ3v) is 5.54. The average molecular weight is 437 g/mol. The van der Waals surface area contributed by atoms with Crippen LogP contribution in [0.25, 0.3) is 11.3 Å². The topological polar surface area (TPSA) is 125 Å². The van der Waals surface area contributed by atoms with Crippen LogP contribution in [-0.2, 0) is 29.3 Å². The lowest BCUT2D eigenvalue weighted by atomic mass is 9.74. The molecule has 32 heavy (non-hydrogen) atoms. The Morgan fingerprint density at radius 2 is 1.97 bits per heavy atom. The van der Waals surface area contributed by atoms with Gasteiger partial charge < -0.3 is 24.5 Å². The van der Waals surface area contributed by atoms with Crippen LogP contribution < -0.4 is 5.73 Å². The van der Waals surface area contributed by atoms with Crippen molar-refractivity contribution in [1.29, 1.82) is 0 Å². The number of carbonyl (C=O) groups is 3. The van der Waals surface area contributed by atoms with Gasteiger partial charge in [0.05, 0.1) is 25.2 Å². The number of nitrogen functional groups attached to an aromatic ring is 1. The number of benzene rings is 1. The largest absolute Gasteiger partial charge is 0.466 e. The number of anilines is 1. The monoisotopic (exact) mass is 437 g/mol. The zero-order chi connectivity index (χ0) is 23.0. The first-order valence-electron chi connectivity index (χ1n) is 10.3. The third kappa shape index (κ3) is 2.84. The molecule has 0 fully saturated rings. The summed E-state index contributed by atoms with van der Waals surface area (Å²) in [6.45, 7) is 7.38. The zero-order valence-corrected chi connectivity index (χ0v) is 17.8. The van der Waals surface area contributed by atoms with E-state index in [0.717, 1.165) is 0 Å². The molecular weight excluding hydrogens is 414 g/mol. The average Bonchev–Trinajstić information content (AvgIpc) is 3.34. The normalized spacial score (nSPS) is 18.7. The Bertz CT molecular complexity index is 1160. The van der Waals surface area contributed by atoms with Gasteiger partial charge in [0, 0.05) is 17.8 Å². The number of hydrogen-bond acceptors (Lipinski definition) is 8. The molecule has 9 nitrogen and oxygen atoms in total. The predicted octanol–water partition coefficient (Wildman–Crippen LogP) is 2.32. The van der Waals surface area contributed by atoms with Gasteiger partial charge in [-0.05, 0) is 19.4 Å². The van der Waals surface area contributed by atoms with E-state index in [-0.39, 0.29) is 49.2 Å². The molecule has 0 bridgehead atoms. The van der Waals surface area contributed by atoms with Gasteiger partial charge in [0.25, 0.3) is 6.01 Å². The van der Waals surface area contributed by atoms with Gasteiger partial charge in [-0.25, -0.2) is 4.79 Å². The van der Waals surface area contributed by atoms with E-state index >= 15 is 0 Å². The van der Waals surface area contributed by atoms with Crippen molar-refractivity contribution in [3.05, 3.63) is 59.4 Å². The van der Waals surface area contributed by atoms with E-state index in [1.54, 1.807) is 38.1 Å². The quantitative estimate of drug-likeness (QED) is 0.517. The maximum absolute atomic E-state index is 14.1. The minimum absolute atomic E-state index is 0.0127. The lowest BCUT2D eigenvalue weighted by Gasteiger charge is -2.26. The molecule has 4 rings (SSSR count). The molecule has 1 aliphatic carbocycles. The number of carbonyl (C=O) groups excluding carboxylic acids is 3. The molecule has 0 saturated heterocycles. The van der Waals surface area contributed by atoms with E-state index < -0.39 is 23.3 Å². The lowest BCUT2D eigenvalue weighted by molar-refractivity contribution is -0.142. The summed E-state index contributed by atoms with van der Waals surface area (Å²) in [5, 5.41) is 0. The second kappa shape index (κ2) is 7.99. The van der Waals surface area contributed by atoms with Gasteiger partial charge in [-0.1, -0.05) is 30.3 Å². The van der Waals surface area contributed by atoms with E-state index in [2.05, 4.69) is 11.6 Å². The summed E-state index contributed by atoms with van der Waals surface area (Å²) in [7, 11) is 0. The van der Waals surface area contributed by atoms with Crippen LogP contribution in [0, 0.1) is 0 Å². The molecule has 0 radical (unpaired) electrons. The standard InChI is InChI=1S/C23H23N3O6/c1-4-11-26-15(12-16(27)30-5-2)17(20(28)31-6-3)23(21(26)29)14-10-8-7-9-13(14)18-19(23)25-22(24)32-18/h4,7-10H,1,5-6,11-12H2,2-3H3,(H2,24,25)/t23-/m0/s1. The Labute approximate surface area is 184 Å². The van der Waals surface area contributed by atoms with Crippen LogP contribution in [0.5, 0.6) is 0 Å². The third-order valence-electron chi connectivity index (χ3n) is 5.54. The molecule has 2 N–H and O–H groups in total. The number of amides is 1. The Kier molecular flexibility index (Phi) is 5.33. The summed E-state index contributed by atoms with van der Waals surface area (Å²) in [5.41, 5.74) is 5.72. The molecule has 166 valence electrons. The molecule has 1 spiro atoms. The molecular formula is C23H23N3O6. The van der Waals surface area contributed by atoms with Crippen molar-refractivity contribution >= 4 is 23.9 Å². The summed E-state index contributed by atoms with van der Waals surface area (Å²) in [4.78, 5) is 45.5. The van der Waals surface area contributed by atoms with Gasteiger partial charge >= 0.3 is 11.9 Å². The van der Waals surface area contributed by atoms with Crippen LogP contribution in [0.1, 0.15) is 31.5 Å². The van der Waals surface area contributed by atoms with Crippen molar-refractivity contribution in [3.8, 4) is 11.3 Å². The van der Waals surface area contributed by atoms with Gasteiger partial charge in [-0.3, -0.25) is 9.59 Å². The van der Waals surface area contributed by atoms with Crippen molar-refractivity contribution in [2.24, 2.45) is 0 Å². The summed E-state index contributed by atoms with van der Waals surface area (Å²) in [6.07, 6.45) is 1.22. The molecule has 9 heteroatoms. The Balaban J connectivity index is 2.07. The molecule has 1 atom stereocenters. The zero-order valence-electron chi connectivity index (χ0n) is 17.8. The Morgan fingerprint density at radius 3 is 2.66 bits per heavy atom. The first kappa shape index (κ1) is 21.4. The van der Waals surface area contributed by atoms with Gasteiger partial charge in [0.1, 0.15) is 5.69 Å². The minimum atomic E-state index is -1.65. The highest BCUT2D eigenvalue weighted by Crippen LogP contribution is 2.58. The fourth-order valence-corrected chi connectivity index (χ4v) is 4.49.